The summed E-state index contributed by atoms with van der Waals surface area (Å²) in [6.45, 7) is 4.70. The van der Waals surface area contributed by atoms with Gasteiger partial charge < -0.3 is 14.6 Å². The molecule has 0 spiro atoms. The minimum atomic E-state index is -0.353. The molecule has 0 radical (unpaired) electrons. The Labute approximate surface area is 182 Å². The highest BCUT2D eigenvalue weighted by Gasteiger charge is 2.22. The van der Waals surface area contributed by atoms with Crippen LogP contribution in [0.1, 0.15) is 10.4 Å². The molecule has 1 saturated heterocycles. The third-order valence-corrected chi connectivity index (χ3v) is 5.80. The highest BCUT2D eigenvalue weighted by atomic mass is 127. The van der Waals surface area contributed by atoms with E-state index in [1.54, 1.807) is 6.07 Å². The SMILES string of the molecule is O=C(c1cccc(I)c1)N1CCN(CCNc2cc(=O)oc3ccccc23)CC1. The molecule has 0 unspecified atom stereocenters. The number of nitrogens with zero attached hydrogens (tertiary/aromatic N) is 2. The summed E-state index contributed by atoms with van der Waals surface area (Å²) in [5.74, 6) is 0.101. The largest absolute Gasteiger partial charge is 0.423 e. The number of fused-ring (bicyclic) bond motifs is 1. The predicted molar refractivity (Wildman–Crippen MR) is 122 cm³/mol. The monoisotopic (exact) mass is 503 g/mol. The third-order valence-electron chi connectivity index (χ3n) is 5.12. The fourth-order valence-corrected chi connectivity index (χ4v) is 4.13. The first-order valence-corrected chi connectivity index (χ1v) is 10.7. The lowest BCUT2D eigenvalue weighted by Gasteiger charge is -2.34. The smallest absolute Gasteiger partial charge is 0.338 e. The van der Waals surface area contributed by atoms with E-state index >= 15 is 0 Å². The van der Waals surface area contributed by atoms with Gasteiger partial charge in [-0.1, -0.05) is 18.2 Å². The van der Waals surface area contributed by atoms with Crippen LogP contribution in [0.3, 0.4) is 0 Å². The summed E-state index contributed by atoms with van der Waals surface area (Å²) in [6, 6.07) is 16.7. The van der Waals surface area contributed by atoms with Crippen LogP contribution < -0.4 is 10.9 Å². The van der Waals surface area contributed by atoms with Crippen LogP contribution in [0, 0.1) is 3.57 Å². The zero-order chi connectivity index (χ0) is 20.2. The first kappa shape index (κ1) is 19.9. The molecule has 1 fully saturated rings. The van der Waals surface area contributed by atoms with E-state index < -0.39 is 0 Å². The van der Waals surface area contributed by atoms with E-state index in [1.165, 1.54) is 6.07 Å². The lowest BCUT2D eigenvalue weighted by atomic mass is 10.2. The standard InChI is InChI=1S/C22H22IN3O3/c23-17-5-3-4-16(14-17)22(28)26-12-10-25(11-13-26)9-8-24-19-15-21(27)29-20-7-2-1-6-18(19)20/h1-7,14-15,24H,8-13H2. The minimum absolute atomic E-state index is 0.101. The van der Waals surface area contributed by atoms with E-state index in [-0.39, 0.29) is 11.5 Å². The molecule has 1 aliphatic heterocycles. The molecule has 29 heavy (non-hydrogen) atoms. The van der Waals surface area contributed by atoms with E-state index in [9.17, 15) is 9.59 Å². The van der Waals surface area contributed by atoms with Crippen LogP contribution in [-0.4, -0.2) is 55.0 Å². The fraction of sp³-hybridized carbons (Fsp3) is 0.273. The number of piperazine rings is 1. The lowest BCUT2D eigenvalue weighted by molar-refractivity contribution is 0.0642. The van der Waals surface area contributed by atoms with Gasteiger partial charge >= 0.3 is 5.63 Å². The summed E-state index contributed by atoms with van der Waals surface area (Å²) in [7, 11) is 0. The average Bonchev–Trinajstić information content (AvgIpc) is 2.73. The molecule has 7 heteroatoms. The van der Waals surface area contributed by atoms with Crippen molar-refractivity contribution in [3.8, 4) is 0 Å². The third kappa shape index (κ3) is 4.79. The van der Waals surface area contributed by atoms with E-state index in [1.807, 2.05) is 47.4 Å². The maximum absolute atomic E-state index is 12.7. The Hall–Kier alpha value is -2.39. The van der Waals surface area contributed by atoms with Crippen molar-refractivity contribution in [1.29, 1.82) is 0 Å². The number of para-hydroxylation sites is 1. The normalized spacial score (nSPS) is 14.9. The minimum Gasteiger partial charge on any atom is -0.423 e. The maximum atomic E-state index is 12.7. The number of rotatable bonds is 5. The summed E-state index contributed by atoms with van der Waals surface area (Å²) in [4.78, 5) is 28.7. The van der Waals surface area contributed by atoms with E-state index in [2.05, 4.69) is 32.8 Å². The molecule has 1 N–H and O–H groups in total. The Kier molecular flexibility index (Phi) is 6.15. The number of carbonyl (C=O) groups is 1. The molecule has 0 saturated carbocycles. The number of hydrogen-bond donors (Lipinski definition) is 1. The molecule has 0 bridgehead atoms. The van der Waals surface area contributed by atoms with Gasteiger partial charge in [0.2, 0.25) is 0 Å². The molecule has 1 aromatic heterocycles. The lowest BCUT2D eigenvalue weighted by Crippen LogP contribution is -2.49. The molecule has 2 heterocycles. The van der Waals surface area contributed by atoms with Crippen LogP contribution in [0.25, 0.3) is 11.0 Å². The van der Waals surface area contributed by atoms with E-state index in [0.29, 0.717) is 5.58 Å². The van der Waals surface area contributed by atoms with Crippen molar-refractivity contribution in [3.05, 3.63) is 74.2 Å². The second-order valence-corrected chi connectivity index (χ2v) is 8.29. The average molecular weight is 503 g/mol. The summed E-state index contributed by atoms with van der Waals surface area (Å²) >= 11 is 2.23. The van der Waals surface area contributed by atoms with Gasteiger partial charge in [-0.15, -0.1) is 0 Å². The van der Waals surface area contributed by atoms with Crippen LogP contribution >= 0.6 is 22.6 Å². The van der Waals surface area contributed by atoms with Gasteiger partial charge in [-0.05, 0) is 52.9 Å². The van der Waals surface area contributed by atoms with Crippen LogP contribution in [0.5, 0.6) is 0 Å². The number of benzene rings is 2. The van der Waals surface area contributed by atoms with Gasteiger partial charge in [0.1, 0.15) is 5.58 Å². The molecule has 0 aliphatic carbocycles. The highest BCUT2D eigenvalue weighted by molar-refractivity contribution is 14.1. The van der Waals surface area contributed by atoms with Crippen molar-refractivity contribution in [1.82, 2.24) is 9.80 Å². The van der Waals surface area contributed by atoms with Crippen LogP contribution in [0.2, 0.25) is 0 Å². The van der Waals surface area contributed by atoms with Gasteiger partial charge in [0.15, 0.2) is 0 Å². The second kappa shape index (κ2) is 8.96. The Balaban J connectivity index is 1.30. The zero-order valence-electron chi connectivity index (χ0n) is 15.9. The van der Waals surface area contributed by atoms with Crippen molar-refractivity contribution in [2.24, 2.45) is 0 Å². The Morgan fingerprint density at radius 2 is 1.83 bits per heavy atom. The van der Waals surface area contributed by atoms with Gasteiger partial charge in [-0.25, -0.2) is 4.79 Å². The number of halogens is 1. The van der Waals surface area contributed by atoms with Gasteiger partial charge in [-0.3, -0.25) is 9.69 Å². The summed E-state index contributed by atoms with van der Waals surface area (Å²) < 4.78 is 6.30. The summed E-state index contributed by atoms with van der Waals surface area (Å²) in [5.41, 5.74) is 1.78. The van der Waals surface area contributed by atoms with Gasteiger partial charge in [0.25, 0.3) is 5.91 Å². The van der Waals surface area contributed by atoms with Gasteiger partial charge in [-0.2, -0.15) is 0 Å². The van der Waals surface area contributed by atoms with Crippen molar-refractivity contribution in [2.75, 3.05) is 44.6 Å². The Morgan fingerprint density at radius 1 is 1.03 bits per heavy atom. The first-order valence-electron chi connectivity index (χ1n) is 9.64. The first-order chi connectivity index (χ1) is 14.1. The van der Waals surface area contributed by atoms with Crippen molar-refractivity contribution < 1.29 is 9.21 Å². The molecule has 0 atom stereocenters. The second-order valence-electron chi connectivity index (χ2n) is 7.05. The molecule has 3 aromatic rings. The van der Waals surface area contributed by atoms with Crippen molar-refractivity contribution >= 4 is 45.2 Å². The number of anilines is 1. The van der Waals surface area contributed by atoms with E-state index in [4.69, 9.17) is 4.42 Å². The van der Waals surface area contributed by atoms with Crippen molar-refractivity contribution in [2.45, 2.75) is 0 Å². The number of nitrogens with one attached hydrogen (secondary N) is 1. The Morgan fingerprint density at radius 3 is 2.62 bits per heavy atom. The van der Waals surface area contributed by atoms with Crippen LogP contribution in [0.4, 0.5) is 5.69 Å². The maximum Gasteiger partial charge on any atom is 0.338 e. The molecule has 1 amide bonds. The molecule has 2 aromatic carbocycles. The van der Waals surface area contributed by atoms with E-state index in [0.717, 1.165) is 59.5 Å². The molecule has 6 nitrogen and oxygen atoms in total. The number of amides is 1. The summed E-state index contributed by atoms with van der Waals surface area (Å²) in [5, 5.41) is 4.26. The quantitative estimate of drug-likeness (QED) is 0.428. The fourth-order valence-electron chi connectivity index (χ4n) is 3.59. The van der Waals surface area contributed by atoms with Crippen LogP contribution in [0.15, 0.2) is 63.8 Å². The number of hydrogen-bond acceptors (Lipinski definition) is 5. The topological polar surface area (TPSA) is 65.8 Å². The molecule has 4 rings (SSSR count). The Bertz CT molecular complexity index is 1070. The van der Waals surface area contributed by atoms with Crippen LogP contribution in [-0.2, 0) is 0 Å². The predicted octanol–water partition coefficient (Wildman–Crippen LogP) is 3.27. The molecule has 150 valence electrons. The van der Waals surface area contributed by atoms with Gasteiger partial charge in [0, 0.05) is 59.9 Å². The summed E-state index contributed by atoms with van der Waals surface area (Å²) in [6.07, 6.45) is 0. The van der Waals surface area contributed by atoms with Crippen molar-refractivity contribution in [3.63, 3.8) is 0 Å². The highest BCUT2D eigenvalue weighted by Crippen LogP contribution is 2.20. The molecular formula is C22H22IN3O3. The zero-order valence-corrected chi connectivity index (χ0v) is 18.1. The molecule has 1 aliphatic rings. The molecular weight excluding hydrogens is 481 g/mol. The number of carbonyl (C=O) groups excluding carboxylic acids is 1. The van der Waals surface area contributed by atoms with Gasteiger partial charge in [0.05, 0.1) is 5.69 Å².